The molecule has 4 aromatic rings. The fraction of sp³-hybridized carbons (Fsp3) is 0.185. The molecule has 166 valence electrons. The number of para-hydroxylation sites is 1. The molecule has 6 nitrogen and oxygen atoms in total. The molecule has 0 atom stereocenters. The number of ether oxygens (including phenoxy) is 1. The van der Waals surface area contributed by atoms with Crippen LogP contribution in [0.1, 0.15) is 39.3 Å². The second kappa shape index (κ2) is 8.47. The second-order valence-corrected chi connectivity index (χ2v) is 8.31. The van der Waals surface area contributed by atoms with Gasteiger partial charge in [0.1, 0.15) is 11.4 Å². The minimum atomic E-state index is -1.02. The molecule has 1 aromatic heterocycles. The van der Waals surface area contributed by atoms with Gasteiger partial charge in [0.2, 0.25) is 0 Å². The maximum absolute atomic E-state index is 12.6. The highest BCUT2D eigenvalue weighted by Gasteiger charge is 2.26. The lowest BCUT2D eigenvalue weighted by Crippen LogP contribution is -2.25. The van der Waals surface area contributed by atoms with Crippen LogP contribution in [0, 0.1) is 0 Å². The molecule has 1 aliphatic carbocycles. The average Bonchev–Trinajstić information content (AvgIpc) is 3.59. The number of hydrogen-bond acceptors (Lipinski definition) is 3. The van der Waals surface area contributed by atoms with Gasteiger partial charge in [-0.05, 0) is 54.3 Å². The number of fused-ring (bicyclic) bond motifs is 1. The van der Waals surface area contributed by atoms with E-state index in [1.54, 1.807) is 25.3 Å². The first-order valence-electron chi connectivity index (χ1n) is 10.9. The lowest BCUT2D eigenvalue weighted by atomic mass is 9.99. The molecule has 3 aromatic carbocycles. The number of carbonyl (C=O) groups excluding carboxylic acids is 1. The van der Waals surface area contributed by atoms with Crippen molar-refractivity contribution >= 4 is 22.8 Å². The van der Waals surface area contributed by atoms with Crippen LogP contribution in [0.15, 0.2) is 72.8 Å². The molecule has 6 heteroatoms. The summed E-state index contributed by atoms with van der Waals surface area (Å²) in [5.74, 6) is -0.427. The maximum atomic E-state index is 12.6. The minimum absolute atomic E-state index is 0.128. The molecule has 0 aliphatic heterocycles. The van der Waals surface area contributed by atoms with Gasteiger partial charge in [-0.3, -0.25) is 4.79 Å². The van der Waals surface area contributed by atoms with E-state index in [0.717, 1.165) is 35.1 Å². The standard InChI is InChI=1S/C27H24N2O4/c1-33-21-9-4-6-17(14-21)16-29-23-11-3-2-10-22(23)24(25(29)27(31)32)18-7-5-8-19(15-18)26(30)28-20-12-13-20/h2-11,14-15,20H,12-13,16H2,1H3,(H,28,30)(H,31,32). The summed E-state index contributed by atoms with van der Waals surface area (Å²) in [6, 6.07) is 22.7. The van der Waals surface area contributed by atoms with Crippen LogP contribution in [0.4, 0.5) is 0 Å². The summed E-state index contributed by atoms with van der Waals surface area (Å²) in [5, 5.41) is 14.1. The third-order valence-corrected chi connectivity index (χ3v) is 5.97. The monoisotopic (exact) mass is 440 g/mol. The summed E-state index contributed by atoms with van der Waals surface area (Å²) in [6.07, 6.45) is 2.01. The van der Waals surface area contributed by atoms with Gasteiger partial charge in [0.15, 0.2) is 0 Å². The van der Waals surface area contributed by atoms with Gasteiger partial charge in [0.25, 0.3) is 5.91 Å². The van der Waals surface area contributed by atoms with Gasteiger partial charge < -0.3 is 19.7 Å². The number of benzene rings is 3. The predicted molar refractivity (Wildman–Crippen MR) is 127 cm³/mol. The number of nitrogens with one attached hydrogen (secondary N) is 1. The summed E-state index contributed by atoms with van der Waals surface area (Å²) < 4.78 is 7.15. The number of aromatic nitrogens is 1. The van der Waals surface area contributed by atoms with Crippen molar-refractivity contribution in [2.75, 3.05) is 7.11 Å². The fourth-order valence-electron chi connectivity index (χ4n) is 4.25. The highest BCUT2D eigenvalue weighted by molar-refractivity contribution is 6.09. The highest BCUT2D eigenvalue weighted by atomic mass is 16.5. The normalized spacial score (nSPS) is 13.1. The van der Waals surface area contributed by atoms with Gasteiger partial charge in [0.05, 0.1) is 7.11 Å². The molecular formula is C27H24N2O4. The molecule has 1 fully saturated rings. The van der Waals surface area contributed by atoms with Crippen LogP contribution in [0.25, 0.3) is 22.0 Å². The topological polar surface area (TPSA) is 80.6 Å². The van der Waals surface area contributed by atoms with Crippen molar-refractivity contribution in [1.29, 1.82) is 0 Å². The summed E-state index contributed by atoms with van der Waals surface area (Å²) in [5.41, 5.74) is 3.79. The maximum Gasteiger partial charge on any atom is 0.353 e. The first kappa shape index (κ1) is 20.8. The molecule has 0 bridgehead atoms. The van der Waals surface area contributed by atoms with E-state index in [9.17, 15) is 14.7 Å². The van der Waals surface area contributed by atoms with Crippen molar-refractivity contribution in [2.24, 2.45) is 0 Å². The molecule has 0 unspecified atom stereocenters. The number of aromatic carboxylic acids is 1. The zero-order valence-electron chi connectivity index (χ0n) is 18.2. The largest absolute Gasteiger partial charge is 0.497 e. The second-order valence-electron chi connectivity index (χ2n) is 8.31. The van der Waals surface area contributed by atoms with Gasteiger partial charge in [-0.15, -0.1) is 0 Å². The Bertz CT molecular complexity index is 1370. The van der Waals surface area contributed by atoms with Crippen LogP contribution in [0.2, 0.25) is 0 Å². The predicted octanol–water partition coefficient (Wildman–Crippen LogP) is 4.96. The number of rotatable bonds is 7. The van der Waals surface area contributed by atoms with Crippen molar-refractivity contribution < 1.29 is 19.4 Å². The number of nitrogens with zero attached hydrogens (tertiary/aromatic N) is 1. The van der Waals surface area contributed by atoms with Crippen molar-refractivity contribution in [2.45, 2.75) is 25.4 Å². The molecule has 1 amide bonds. The molecule has 0 spiro atoms. The summed E-state index contributed by atoms with van der Waals surface area (Å²) >= 11 is 0. The Kier molecular flexibility index (Phi) is 5.34. The van der Waals surface area contributed by atoms with Gasteiger partial charge >= 0.3 is 5.97 Å². The number of hydrogen-bond donors (Lipinski definition) is 2. The van der Waals surface area contributed by atoms with E-state index in [0.29, 0.717) is 23.2 Å². The molecule has 2 N–H and O–H groups in total. The Hall–Kier alpha value is -4.06. The van der Waals surface area contributed by atoms with Crippen LogP contribution in [-0.4, -0.2) is 34.7 Å². The third-order valence-electron chi connectivity index (χ3n) is 5.97. The van der Waals surface area contributed by atoms with E-state index in [1.807, 2.05) is 59.2 Å². The molecular weight excluding hydrogens is 416 g/mol. The summed E-state index contributed by atoms with van der Waals surface area (Å²) in [7, 11) is 1.61. The van der Waals surface area contributed by atoms with Crippen molar-refractivity contribution in [3.05, 3.63) is 89.6 Å². The smallest absolute Gasteiger partial charge is 0.353 e. The minimum Gasteiger partial charge on any atom is -0.497 e. The number of carboxylic acids is 1. The lowest BCUT2D eigenvalue weighted by molar-refractivity contribution is 0.0687. The Morgan fingerprint density at radius 2 is 1.82 bits per heavy atom. The first-order chi connectivity index (χ1) is 16.0. The van der Waals surface area contributed by atoms with Crippen molar-refractivity contribution in [3.8, 4) is 16.9 Å². The number of methoxy groups -OCH3 is 1. The van der Waals surface area contributed by atoms with Gasteiger partial charge in [-0.1, -0.05) is 42.5 Å². The summed E-state index contributed by atoms with van der Waals surface area (Å²) in [6.45, 7) is 0.376. The fourth-order valence-corrected chi connectivity index (χ4v) is 4.25. The number of carboxylic acid groups (broad SMARTS) is 1. The third kappa shape index (κ3) is 4.07. The Morgan fingerprint density at radius 1 is 1.03 bits per heavy atom. The molecule has 1 heterocycles. The van der Waals surface area contributed by atoms with E-state index < -0.39 is 5.97 Å². The Balaban J connectivity index is 1.66. The van der Waals surface area contributed by atoms with E-state index in [-0.39, 0.29) is 17.6 Å². The molecule has 1 aliphatic rings. The lowest BCUT2D eigenvalue weighted by Gasteiger charge is -2.11. The zero-order valence-corrected chi connectivity index (χ0v) is 18.2. The molecule has 5 rings (SSSR count). The quantitative estimate of drug-likeness (QED) is 0.426. The van der Waals surface area contributed by atoms with Gasteiger partial charge in [-0.2, -0.15) is 0 Å². The summed E-state index contributed by atoms with van der Waals surface area (Å²) in [4.78, 5) is 25.2. The Labute approximate surface area is 191 Å². The Morgan fingerprint density at radius 3 is 2.58 bits per heavy atom. The van der Waals surface area contributed by atoms with Crippen molar-refractivity contribution in [1.82, 2.24) is 9.88 Å². The highest BCUT2D eigenvalue weighted by Crippen LogP contribution is 2.36. The van der Waals surface area contributed by atoms with Crippen LogP contribution in [0.3, 0.4) is 0 Å². The van der Waals surface area contributed by atoms with Crippen LogP contribution >= 0.6 is 0 Å². The molecule has 0 radical (unpaired) electrons. The SMILES string of the molecule is COc1cccc(Cn2c(C(=O)O)c(-c3cccc(C(=O)NC4CC4)c3)c3ccccc32)c1. The van der Waals surface area contributed by atoms with E-state index in [1.165, 1.54) is 0 Å². The van der Waals surface area contributed by atoms with Gasteiger partial charge in [0, 0.05) is 34.6 Å². The van der Waals surface area contributed by atoms with E-state index in [2.05, 4.69) is 5.32 Å². The molecule has 1 saturated carbocycles. The van der Waals surface area contributed by atoms with E-state index >= 15 is 0 Å². The van der Waals surface area contributed by atoms with Gasteiger partial charge in [-0.25, -0.2) is 4.79 Å². The van der Waals surface area contributed by atoms with Crippen LogP contribution < -0.4 is 10.1 Å². The van der Waals surface area contributed by atoms with Crippen LogP contribution in [-0.2, 0) is 6.54 Å². The number of carbonyl (C=O) groups is 2. The molecule has 33 heavy (non-hydrogen) atoms. The molecule has 0 saturated heterocycles. The van der Waals surface area contributed by atoms with Crippen molar-refractivity contribution in [3.63, 3.8) is 0 Å². The van der Waals surface area contributed by atoms with Crippen LogP contribution in [0.5, 0.6) is 5.75 Å². The number of amides is 1. The zero-order chi connectivity index (χ0) is 22.9. The van der Waals surface area contributed by atoms with E-state index in [4.69, 9.17) is 4.74 Å². The first-order valence-corrected chi connectivity index (χ1v) is 10.9. The average molecular weight is 440 g/mol.